The minimum absolute atomic E-state index is 0.106. The van der Waals surface area contributed by atoms with Crippen LogP contribution in [0.1, 0.15) is 0 Å². The van der Waals surface area contributed by atoms with E-state index in [0.717, 1.165) is 0 Å². The molecule has 0 aliphatic rings. The zero-order valence-corrected chi connectivity index (χ0v) is 10.1. The number of aromatic amines is 1. The van der Waals surface area contributed by atoms with Gasteiger partial charge in [-0.25, -0.2) is 9.49 Å². The number of benzene rings is 1. The lowest BCUT2D eigenvalue weighted by Crippen LogP contribution is -2.11. The molecule has 6 heteroatoms. The summed E-state index contributed by atoms with van der Waals surface area (Å²) in [5.74, 6) is -0.504. The molecular formula is C10H5BrClFN2O. The van der Waals surface area contributed by atoms with Crippen LogP contribution >= 0.6 is 27.5 Å². The predicted molar refractivity (Wildman–Crippen MR) is 63.0 cm³/mol. The molecule has 0 fully saturated rings. The van der Waals surface area contributed by atoms with E-state index in [1.807, 2.05) is 0 Å². The van der Waals surface area contributed by atoms with Gasteiger partial charge < -0.3 is 0 Å². The molecule has 0 radical (unpaired) electrons. The van der Waals surface area contributed by atoms with Crippen LogP contribution in [0.2, 0.25) is 5.15 Å². The maximum absolute atomic E-state index is 13.7. The molecule has 1 heterocycles. The Labute approximate surface area is 103 Å². The van der Waals surface area contributed by atoms with Crippen LogP contribution in [0.15, 0.2) is 33.5 Å². The summed E-state index contributed by atoms with van der Waals surface area (Å²) in [6, 6.07) is 6.01. The van der Waals surface area contributed by atoms with Crippen molar-refractivity contribution in [2.75, 3.05) is 0 Å². The Bertz CT molecular complexity index is 600. The van der Waals surface area contributed by atoms with Crippen molar-refractivity contribution in [2.24, 2.45) is 0 Å². The topological polar surface area (TPSA) is 45.8 Å². The molecule has 2 aromatic rings. The average Bonchev–Trinajstić information content (AvgIpc) is 2.26. The van der Waals surface area contributed by atoms with Crippen LogP contribution < -0.4 is 5.56 Å². The Morgan fingerprint density at radius 3 is 2.88 bits per heavy atom. The number of halogens is 3. The predicted octanol–water partition coefficient (Wildman–Crippen LogP) is 2.99. The first kappa shape index (κ1) is 11.3. The van der Waals surface area contributed by atoms with E-state index in [2.05, 4.69) is 26.1 Å². The van der Waals surface area contributed by atoms with Crippen LogP contribution in [0.4, 0.5) is 4.39 Å². The summed E-state index contributed by atoms with van der Waals surface area (Å²) in [4.78, 5) is 11.5. The fourth-order valence-corrected chi connectivity index (χ4v) is 1.81. The van der Waals surface area contributed by atoms with Crippen molar-refractivity contribution >= 4 is 27.5 Å². The van der Waals surface area contributed by atoms with Crippen molar-refractivity contribution in [2.45, 2.75) is 0 Å². The summed E-state index contributed by atoms with van der Waals surface area (Å²) in [6.07, 6.45) is 0. The Kier molecular flexibility index (Phi) is 3.07. The van der Waals surface area contributed by atoms with E-state index in [1.54, 1.807) is 12.1 Å². The SMILES string of the molecule is O=c1[nH]nc(Cl)cc1-c1cccc(Br)c1F. The second-order valence-corrected chi connectivity index (χ2v) is 4.28. The van der Waals surface area contributed by atoms with Gasteiger partial charge in [0.25, 0.3) is 5.56 Å². The van der Waals surface area contributed by atoms with Gasteiger partial charge in [-0.05, 0) is 28.1 Å². The maximum Gasteiger partial charge on any atom is 0.272 e. The number of nitrogens with zero attached hydrogens (tertiary/aromatic N) is 1. The van der Waals surface area contributed by atoms with E-state index >= 15 is 0 Å². The van der Waals surface area contributed by atoms with Crippen molar-refractivity contribution in [3.63, 3.8) is 0 Å². The highest BCUT2D eigenvalue weighted by Gasteiger charge is 2.12. The van der Waals surface area contributed by atoms with Gasteiger partial charge in [-0.15, -0.1) is 0 Å². The molecular weight excluding hydrogens is 298 g/mol. The zero-order chi connectivity index (χ0) is 11.7. The first-order valence-electron chi connectivity index (χ1n) is 4.29. The van der Waals surface area contributed by atoms with Crippen LogP contribution in [0.3, 0.4) is 0 Å². The Hall–Kier alpha value is -1.20. The summed E-state index contributed by atoms with van der Waals surface area (Å²) >= 11 is 8.69. The Balaban J connectivity index is 2.72. The van der Waals surface area contributed by atoms with Gasteiger partial charge in [-0.3, -0.25) is 4.79 Å². The molecule has 0 spiro atoms. The van der Waals surface area contributed by atoms with Crippen LogP contribution in [-0.4, -0.2) is 10.2 Å². The fraction of sp³-hybridized carbons (Fsp3) is 0. The monoisotopic (exact) mass is 302 g/mol. The van der Waals surface area contributed by atoms with Crippen molar-refractivity contribution in [3.05, 3.63) is 50.1 Å². The molecule has 3 nitrogen and oxygen atoms in total. The second-order valence-electron chi connectivity index (χ2n) is 3.03. The molecule has 2 rings (SSSR count). The Morgan fingerprint density at radius 2 is 2.12 bits per heavy atom. The number of rotatable bonds is 1. The van der Waals surface area contributed by atoms with Gasteiger partial charge in [0, 0.05) is 5.56 Å². The van der Waals surface area contributed by atoms with Crippen molar-refractivity contribution in [1.82, 2.24) is 10.2 Å². The molecule has 1 aromatic carbocycles. The molecule has 0 aliphatic carbocycles. The second kappa shape index (κ2) is 4.35. The molecule has 0 bridgehead atoms. The summed E-state index contributed by atoms with van der Waals surface area (Å²) in [6.45, 7) is 0. The minimum atomic E-state index is -0.504. The van der Waals surface area contributed by atoms with Gasteiger partial charge in [0.15, 0.2) is 0 Å². The molecule has 16 heavy (non-hydrogen) atoms. The smallest absolute Gasteiger partial charge is 0.267 e. The number of hydrogen-bond donors (Lipinski definition) is 1. The molecule has 1 aromatic heterocycles. The molecule has 0 aliphatic heterocycles. The summed E-state index contributed by atoms with van der Waals surface area (Å²) < 4.78 is 14.0. The first-order valence-corrected chi connectivity index (χ1v) is 5.46. The third-order valence-electron chi connectivity index (χ3n) is 2.01. The lowest BCUT2D eigenvalue weighted by Gasteiger charge is -2.03. The summed E-state index contributed by atoms with van der Waals surface area (Å²) in [5.41, 5.74) is -0.153. The van der Waals surface area contributed by atoms with E-state index in [4.69, 9.17) is 11.6 Å². The molecule has 1 N–H and O–H groups in total. The van der Waals surface area contributed by atoms with Gasteiger partial charge in [0.1, 0.15) is 11.0 Å². The van der Waals surface area contributed by atoms with Gasteiger partial charge >= 0.3 is 0 Å². The number of nitrogens with one attached hydrogen (secondary N) is 1. The molecule has 82 valence electrons. The third-order valence-corrected chi connectivity index (χ3v) is 2.82. The molecule has 0 saturated heterocycles. The van der Waals surface area contributed by atoms with Crippen LogP contribution in [0.5, 0.6) is 0 Å². The van der Waals surface area contributed by atoms with Crippen LogP contribution in [-0.2, 0) is 0 Å². The van der Waals surface area contributed by atoms with E-state index in [-0.39, 0.29) is 20.8 Å². The normalized spacial score (nSPS) is 10.4. The van der Waals surface area contributed by atoms with Crippen LogP contribution in [0, 0.1) is 5.82 Å². The lowest BCUT2D eigenvalue weighted by atomic mass is 10.1. The quantitative estimate of drug-likeness (QED) is 0.880. The molecule has 0 saturated carbocycles. The first-order chi connectivity index (χ1) is 7.59. The Morgan fingerprint density at radius 1 is 1.38 bits per heavy atom. The summed E-state index contributed by atoms with van der Waals surface area (Å²) in [7, 11) is 0. The molecule has 0 unspecified atom stereocenters. The molecule has 0 amide bonds. The maximum atomic E-state index is 13.7. The van der Waals surface area contributed by atoms with E-state index in [1.165, 1.54) is 12.1 Å². The van der Waals surface area contributed by atoms with Crippen molar-refractivity contribution in [3.8, 4) is 11.1 Å². The van der Waals surface area contributed by atoms with Crippen molar-refractivity contribution in [1.29, 1.82) is 0 Å². The summed E-state index contributed by atoms with van der Waals surface area (Å²) in [5, 5.41) is 5.81. The minimum Gasteiger partial charge on any atom is -0.267 e. The van der Waals surface area contributed by atoms with Gasteiger partial charge in [0.2, 0.25) is 0 Å². The largest absolute Gasteiger partial charge is 0.272 e. The highest BCUT2D eigenvalue weighted by atomic mass is 79.9. The average molecular weight is 304 g/mol. The zero-order valence-electron chi connectivity index (χ0n) is 7.80. The van der Waals surface area contributed by atoms with Gasteiger partial charge in [0.05, 0.1) is 10.0 Å². The van der Waals surface area contributed by atoms with E-state index in [9.17, 15) is 9.18 Å². The highest BCUT2D eigenvalue weighted by molar-refractivity contribution is 9.10. The van der Waals surface area contributed by atoms with E-state index < -0.39 is 11.4 Å². The standard InChI is InChI=1S/C10H5BrClFN2O/c11-7-3-1-2-5(9(7)13)6-4-8(12)14-15-10(6)16/h1-4H,(H,15,16). The third kappa shape index (κ3) is 2.01. The lowest BCUT2D eigenvalue weighted by molar-refractivity contribution is 0.624. The number of H-pyrrole nitrogens is 1. The van der Waals surface area contributed by atoms with Crippen LogP contribution in [0.25, 0.3) is 11.1 Å². The number of aromatic nitrogens is 2. The van der Waals surface area contributed by atoms with E-state index in [0.29, 0.717) is 0 Å². The van der Waals surface area contributed by atoms with Gasteiger partial charge in [-0.1, -0.05) is 23.7 Å². The molecule has 0 atom stereocenters. The highest BCUT2D eigenvalue weighted by Crippen LogP contribution is 2.26. The fourth-order valence-electron chi connectivity index (χ4n) is 1.29. The van der Waals surface area contributed by atoms with Crippen molar-refractivity contribution < 1.29 is 4.39 Å². The van der Waals surface area contributed by atoms with Gasteiger partial charge in [-0.2, -0.15) is 5.10 Å². The number of hydrogen-bond acceptors (Lipinski definition) is 2.